The number of hydrogen-bond donors (Lipinski definition) is 2. The minimum Gasteiger partial charge on any atom is -0.423 e. The van der Waals surface area contributed by atoms with Crippen molar-refractivity contribution in [2.45, 2.75) is 32.7 Å². The third-order valence-corrected chi connectivity index (χ3v) is 6.45. The summed E-state index contributed by atoms with van der Waals surface area (Å²) < 4.78 is 5.64. The summed E-state index contributed by atoms with van der Waals surface area (Å²) in [4.78, 5) is 26.0. The van der Waals surface area contributed by atoms with Gasteiger partial charge >= 0.3 is 5.97 Å². The lowest BCUT2D eigenvalue weighted by atomic mass is 9.73. The van der Waals surface area contributed by atoms with Crippen molar-refractivity contribution >= 4 is 34.7 Å². The number of nitrogens with one attached hydrogen (secondary N) is 2. The van der Waals surface area contributed by atoms with Crippen LogP contribution in [0.2, 0.25) is 5.02 Å². The van der Waals surface area contributed by atoms with Gasteiger partial charge in [0.2, 0.25) is 0 Å². The second-order valence-electron chi connectivity index (χ2n) is 9.55. The van der Waals surface area contributed by atoms with E-state index in [1.54, 1.807) is 30.3 Å². The Hall–Kier alpha value is -3.57. The maximum atomic E-state index is 13.4. The van der Waals surface area contributed by atoms with Crippen LogP contribution in [0.5, 0.6) is 5.75 Å². The third kappa shape index (κ3) is 4.44. The Morgan fingerprint density at radius 2 is 1.71 bits per heavy atom. The average Bonchev–Trinajstić information content (AvgIpc) is 2.95. The number of esters is 1. The van der Waals surface area contributed by atoms with Crippen molar-refractivity contribution in [2.75, 3.05) is 10.6 Å². The standard InChI is InChI=1S/C28H25ClN2O3/c1-28(2)15-23-25(24(32)16-28)26(31-22-9-4-3-8-21(22)30-23)18-6-5-7-20(14-18)34-27(33)17-10-12-19(29)13-11-17/h3-14,26,30-31H,15-16H2,1-2H3. The molecule has 0 amide bonds. The number of hydrogen-bond acceptors (Lipinski definition) is 5. The largest absolute Gasteiger partial charge is 0.423 e. The van der Waals surface area contributed by atoms with Gasteiger partial charge in [-0.2, -0.15) is 0 Å². The summed E-state index contributed by atoms with van der Waals surface area (Å²) in [6.45, 7) is 4.23. The molecule has 0 fully saturated rings. The first-order valence-electron chi connectivity index (χ1n) is 11.3. The summed E-state index contributed by atoms with van der Waals surface area (Å²) in [6, 6.07) is 21.5. The molecule has 0 saturated heterocycles. The minimum absolute atomic E-state index is 0.118. The number of ketones is 1. The molecule has 1 heterocycles. The fraction of sp³-hybridized carbons (Fsp3) is 0.214. The van der Waals surface area contributed by atoms with E-state index in [0.717, 1.165) is 34.6 Å². The summed E-state index contributed by atoms with van der Waals surface area (Å²) in [5.74, 6) is 0.0631. The molecule has 0 aromatic heterocycles. The number of anilines is 2. The Morgan fingerprint density at radius 3 is 2.47 bits per heavy atom. The number of allylic oxidation sites excluding steroid dienone is 1. The van der Waals surface area contributed by atoms with E-state index in [4.69, 9.17) is 16.3 Å². The molecule has 5 rings (SSSR count). The van der Waals surface area contributed by atoms with Crippen molar-refractivity contribution in [1.29, 1.82) is 0 Å². The molecule has 172 valence electrons. The lowest BCUT2D eigenvalue weighted by Gasteiger charge is -2.34. The Kier molecular flexibility index (Phi) is 5.66. The first-order chi connectivity index (χ1) is 16.3. The van der Waals surface area contributed by atoms with E-state index in [1.165, 1.54) is 0 Å². The fourth-order valence-electron chi connectivity index (χ4n) is 4.65. The first kappa shape index (κ1) is 22.2. The van der Waals surface area contributed by atoms with Gasteiger partial charge < -0.3 is 15.4 Å². The number of fused-ring (bicyclic) bond motifs is 1. The minimum atomic E-state index is -0.468. The third-order valence-electron chi connectivity index (χ3n) is 6.20. The zero-order chi connectivity index (χ0) is 23.9. The zero-order valence-electron chi connectivity index (χ0n) is 19.0. The molecule has 3 aromatic carbocycles. The molecule has 0 spiro atoms. The molecule has 2 aliphatic rings. The molecule has 1 aliphatic carbocycles. The topological polar surface area (TPSA) is 67.4 Å². The van der Waals surface area contributed by atoms with Gasteiger partial charge in [0, 0.05) is 22.7 Å². The van der Waals surface area contributed by atoms with E-state index in [-0.39, 0.29) is 17.2 Å². The predicted molar refractivity (Wildman–Crippen MR) is 134 cm³/mol. The molecule has 3 aromatic rings. The van der Waals surface area contributed by atoms with Crippen LogP contribution in [0.25, 0.3) is 0 Å². The molecular formula is C28H25ClN2O3. The summed E-state index contributed by atoms with van der Waals surface area (Å²) in [5.41, 5.74) is 4.66. The molecule has 1 atom stereocenters. The van der Waals surface area contributed by atoms with Crippen LogP contribution in [0.3, 0.4) is 0 Å². The van der Waals surface area contributed by atoms with Gasteiger partial charge in [-0.25, -0.2) is 4.79 Å². The maximum absolute atomic E-state index is 13.4. The van der Waals surface area contributed by atoms with E-state index in [9.17, 15) is 9.59 Å². The van der Waals surface area contributed by atoms with E-state index < -0.39 is 5.97 Å². The monoisotopic (exact) mass is 472 g/mol. The van der Waals surface area contributed by atoms with E-state index in [0.29, 0.717) is 22.8 Å². The summed E-state index contributed by atoms with van der Waals surface area (Å²) >= 11 is 5.92. The molecule has 34 heavy (non-hydrogen) atoms. The van der Waals surface area contributed by atoms with Gasteiger partial charge in [0.25, 0.3) is 0 Å². The maximum Gasteiger partial charge on any atom is 0.343 e. The van der Waals surface area contributed by atoms with E-state index in [2.05, 4.69) is 24.5 Å². The Labute approximate surface area is 203 Å². The highest BCUT2D eigenvalue weighted by Gasteiger charge is 2.38. The van der Waals surface area contributed by atoms with Crippen molar-refractivity contribution in [2.24, 2.45) is 5.41 Å². The number of halogens is 1. The van der Waals surface area contributed by atoms with Crippen LogP contribution in [0, 0.1) is 5.41 Å². The second-order valence-corrected chi connectivity index (χ2v) is 9.99. The van der Waals surface area contributed by atoms with Crippen molar-refractivity contribution in [3.63, 3.8) is 0 Å². The van der Waals surface area contributed by atoms with Crippen LogP contribution in [0.1, 0.15) is 48.7 Å². The van der Waals surface area contributed by atoms with Crippen LogP contribution < -0.4 is 15.4 Å². The van der Waals surface area contributed by atoms with Crippen molar-refractivity contribution in [3.8, 4) is 5.75 Å². The quantitative estimate of drug-likeness (QED) is 0.325. The zero-order valence-corrected chi connectivity index (χ0v) is 19.8. The number of carbonyl (C=O) groups is 2. The number of carbonyl (C=O) groups excluding carboxylic acids is 2. The van der Waals surface area contributed by atoms with Gasteiger partial charge in [0.1, 0.15) is 5.75 Å². The predicted octanol–water partition coefficient (Wildman–Crippen LogP) is 6.78. The lowest BCUT2D eigenvalue weighted by molar-refractivity contribution is -0.118. The van der Waals surface area contributed by atoms with Crippen LogP contribution in [0.15, 0.2) is 84.1 Å². The van der Waals surface area contributed by atoms with Crippen LogP contribution >= 0.6 is 11.6 Å². The van der Waals surface area contributed by atoms with Crippen molar-refractivity contribution in [1.82, 2.24) is 0 Å². The molecular weight excluding hydrogens is 448 g/mol. The lowest BCUT2D eigenvalue weighted by Crippen LogP contribution is -2.31. The molecule has 5 nitrogen and oxygen atoms in total. The van der Waals surface area contributed by atoms with Gasteiger partial charge in [-0.05, 0) is 65.9 Å². The van der Waals surface area contributed by atoms with Gasteiger partial charge in [-0.1, -0.05) is 49.7 Å². The Balaban J connectivity index is 1.52. The Morgan fingerprint density at radius 1 is 0.971 bits per heavy atom. The number of Topliss-reactive ketones (excluding diaryl/α,β-unsaturated/α-hetero) is 1. The molecule has 0 radical (unpaired) electrons. The molecule has 2 N–H and O–H groups in total. The normalized spacial score (nSPS) is 18.7. The molecule has 1 unspecified atom stereocenters. The van der Waals surface area contributed by atoms with Crippen LogP contribution in [-0.4, -0.2) is 11.8 Å². The molecule has 1 aliphatic heterocycles. The van der Waals surface area contributed by atoms with E-state index >= 15 is 0 Å². The number of ether oxygens (including phenoxy) is 1. The molecule has 0 bridgehead atoms. The smallest absolute Gasteiger partial charge is 0.343 e. The van der Waals surface area contributed by atoms with Crippen molar-refractivity contribution in [3.05, 3.63) is 100 Å². The van der Waals surface area contributed by atoms with Crippen molar-refractivity contribution < 1.29 is 14.3 Å². The molecule has 6 heteroatoms. The average molecular weight is 473 g/mol. The van der Waals surface area contributed by atoms with Gasteiger partial charge in [-0.3, -0.25) is 4.79 Å². The van der Waals surface area contributed by atoms with Crippen LogP contribution in [-0.2, 0) is 4.79 Å². The highest BCUT2D eigenvalue weighted by molar-refractivity contribution is 6.30. The van der Waals surface area contributed by atoms with Gasteiger partial charge in [0.05, 0.1) is 23.0 Å². The van der Waals surface area contributed by atoms with Crippen LogP contribution in [0.4, 0.5) is 11.4 Å². The highest BCUT2D eigenvalue weighted by Crippen LogP contribution is 2.45. The second kappa shape index (κ2) is 8.65. The molecule has 0 saturated carbocycles. The SMILES string of the molecule is CC1(C)CC(=O)C2=C(C1)Nc1ccccc1NC2c1cccc(OC(=O)c2ccc(Cl)cc2)c1. The Bertz CT molecular complexity index is 1310. The summed E-state index contributed by atoms with van der Waals surface area (Å²) in [7, 11) is 0. The fourth-order valence-corrected chi connectivity index (χ4v) is 4.77. The van der Waals surface area contributed by atoms with Gasteiger partial charge in [0.15, 0.2) is 5.78 Å². The van der Waals surface area contributed by atoms with Gasteiger partial charge in [-0.15, -0.1) is 0 Å². The first-order valence-corrected chi connectivity index (χ1v) is 11.6. The van der Waals surface area contributed by atoms with E-state index in [1.807, 2.05) is 42.5 Å². The highest BCUT2D eigenvalue weighted by atomic mass is 35.5. The summed E-state index contributed by atoms with van der Waals surface area (Å²) in [5, 5.41) is 7.63. The number of para-hydroxylation sites is 2. The number of benzene rings is 3. The summed E-state index contributed by atoms with van der Waals surface area (Å²) in [6.07, 6.45) is 1.25. The number of rotatable bonds is 3.